The van der Waals surface area contributed by atoms with Crippen LogP contribution in [0.2, 0.25) is 0 Å². The molecule has 0 saturated heterocycles. The van der Waals surface area contributed by atoms with Gasteiger partial charge in [-0.05, 0) is 34.1 Å². The Labute approximate surface area is 210 Å². The monoisotopic (exact) mass is 500 g/mol. The van der Waals surface area contributed by atoms with Gasteiger partial charge in [0.2, 0.25) is 0 Å². The minimum absolute atomic E-state index is 0.487. The molecule has 2 nitrogen and oxygen atoms in total. The number of aryl methyl sites for hydroxylation is 4. The quantitative estimate of drug-likeness (QED) is 0.254. The Morgan fingerprint density at radius 1 is 0.400 bits per heavy atom. The summed E-state index contributed by atoms with van der Waals surface area (Å²) in [6, 6.07) is 32.2. The van der Waals surface area contributed by atoms with E-state index >= 15 is 0 Å². The van der Waals surface area contributed by atoms with E-state index in [-0.39, 0.29) is 0 Å². The average Bonchev–Trinajstić information content (AvgIpc) is 2.85. The Balaban J connectivity index is 1.68. The van der Waals surface area contributed by atoms with E-state index in [1.165, 1.54) is 0 Å². The van der Waals surface area contributed by atoms with Crippen molar-refractivity contribution in [2.75, 3.05) is 12.3 Å². The summed E-state index contributed by atoms with van der Waals surface area (Å²) in [5.41, 5.74) is 4.58. The fourth-order valence-electron chi connectivity index (χ4n) is 4.47. The summed E-state index contributed by atoms with van der Waals surface area (Å²) in [6.07, 6.45) is 1.58. The lowest BCUT2D eigenvalue weighted by atomic mass is 10.2. The van der Waals surface area contributed by atoms with Crippen LogP contribution in [0.25, 0.3) is 0 Å². The van der Waals surface area contributed by atoms with Crippen molar-refractivity contribution < 1.29 is 9.13 Å². The highest BCUT2D eigenvalue weighted by Gasteiger charge is 2.31. The fraction of sp³-hybridized carbons (Fsp3) is 0.226. The van der Waals surface area contributed by atoms with E-state index in [0.717, 1.165) is 43.5 Å². The molecular weight excluding hydrogens is 466 g/mol. The lowest BCUT2D eigenvalue weighted by Crippen LogP contribution is -2.22. The van der Waals surface area contributed by atoms with Gasteiger partial charge in [0.05, 0.1) is 0 Å². The first-order valence-electron chi connectivity index (χ1n) is 12.2. The lowest BCUT2D eigenvalue weighted by molar-refractivity contribution is 0.583. The maximum absolute atomic E-state index is 14.6. The standard InChI is InChI=1S/C31H34O2P2/c1-24-6-14-28(15-7-24)34(32,29-16-8-25(2)9-17-29)22-5-23-35(33,30-18-10-26(3)11-19-30)31-20-12-27(4)13-21-31/h6-21H,5,22-23H2,1-4H3. The molecule has 0 heterocycles. The Morgan fingerprint density at radius 2 is 0.600 bits per heavy atom. The minimum Gasteiger partial charge on any atom is -0.314 e. The van der Waals surface area contributed by atoms with Crippen LogP contribution in [-0.4, -0.2) is 12.3 Å². The first-order valence-corrected chi connectivity index (χ1v) is 16.0. The molecule has 0 bridgehead atoms. The maximum Gasteiger partial charge on any atom is 0.143 e. The van der Waals surface area contributed by atoms with Crippen LogP contribution < -0.4 is 21.2 Å². The van der Waals surface area contributed by atoms with E-state index in [2.05, 4.69) is 0 Å². The van der Waals surface area contributed by atoms with Crippen LogP contribution in [0.1, 0.15) is 28.7 Å². The summed E-state index contributed by atoms with van der Waals surface area (Å²) >= 11 is 0. The molecule has 0 aliphatic carbocycles. The SMILES string of the molecule is Cc1ccc(P(=O)(CCCP(=O)(c2ccc(C)cc2)c2ccc(C)cc2)c2ccc(C)cc2)cc1. The summed E-state index contributed by atoms with van der Waals surface area (Å²) in [4.78, 5) is 0. The molecule has 0 aliphatic rings. The van der Waals surface area contributed by atoms with Gasteiger partial charge in [-0.3, -0.25) is 0 Å². The van der Waals surface area contributed by atoms with Crippen LogP contribution in [0.15, 0.2) is 97.1 Å². The van der Waals surface area contributed by atoms with E-state index in [4.69, 9.17) is 0 Å². The molecule has 0 radical (unpaired) electrons. The van der Waals surface area contributed by atoms with Crippen molar-refractivity contribution >= 4 is 35.5 Å². The summed E-state index contributed by atoms with van der Waals surface area (Å²) in [5, 5.41) is 3.47. The van der Waals surface area contributed by atoms with Gasteiger partial charge in [-0.1, -0.05) is 119 Å². The summed E-state index contributed by atoms with van der Waals surface area (Å²) in [6.45, 7) is 8.17. The molecule has 0 spiro atoms. The molecule has 0 saturated carbocycles. The highest BCUT2D eigenvalue weighted by molar-refractivity contribution is 7.79. The lowest BCUT2D eigenvalue weighted by Gasteiger charge is -2.23. The van der Waals surface area contributed by atoms with Crippen LogP contribution in [0.4, 0.5) is 0 Å². The average molecular weight is 501 g/mol. The van der Waals surface area contributed by atoms with Crippen LogP contribution in [-0.2, 0) is 9.13 Å². The van der Waals surface area contributed by atoms with Crippen LogP contribution >= 0.6 is 14.3 Å². The van der Waals surface area contributed by atoms with Gasteiger partial charge in [-0.2, -0.15) is 0 Å². The zero-order valence-corrected chi connectivity index (χ0v) is 22.9. The van der Waals surface area contributed by atoms with E-state index in [1.807, 2.05) is 125 Å². The molecule has 4 heteroatoms. The molecule has 0 fully saturated rings. The molecule has 4 rings (SSSR count). The fourth-order valence-corrected chi connectivity index (χ4v) is 10.1. The Bertz CT molecular complexity index is 1160. The van der Waals surface area contributed by atoms with Gasteiger partial charge in [0.1, 0.15) is 14.3 Å². The molecule has 0 amide bonds. The molecule has 180 valence electrons. The predicted octanol–water partition coefficient (Wildman–Crippen LogP) is 6.64. The second-order valence-corrected chi connectivity index (χ2v) is 15.5. The molecule has 4 aromatic rings. The summed E-state index contributed by atoms with van der Waals surface area (Å²) in [7, 11) is -5.74. The Morgan fingerprint density at radius 3 is 0.800 bits per heavy atom. The third-order valence-corrected chi connectivity index (χ3v) is 13.2. The van der Waals surface area contributed by atoms with Crippen molar-refractivity contribution in [3.05, 3.63) is 119 Å². The van der Waals surface area contributed by atoms with Crippen molar-refractivity contribution in [1.29, 1.82) is 0 Å². The minimum atomic E-state index is -2.87. The molecule has 0 atom stereocenters. The van der Waals surface area contributed by atoms with Crippen molar-refractivity contribution in [3.63, 3.8) is 0 Å². The van der Waals surface area contributed by atoms with Gasteiger partial charge in [0.25, 0.3) is 0 Å². The Hall–Kier alpha value is -2.66. The first kappa shape index (κ1) is 25.4. The third-order valence-electron chi connectivity index (χ3n) is 6.75. The van der Waals surface area contributed by atoms with Crippen LogP contribution in [0.5, 0.6) is 0 Å². The smallest absolute Gasteiger partial charge is 0.143 e. The predicted molar refractivity (Wildman–Crippen MR) is 153 cm³/mol. The maximum atomic E-state index is 14.6. The van der Waals surface area contributed by atoms with E-state index in [0.29, 0.717) is 18.7 Å². The van der Waals surface area contributed by atoms with E-state index in [1.54, 1.807) is 0 Å². The number of hydrogen-bond acceptors (Lipinski definition) is 2. The summed E-state index contributed by atoms with van der Waals surface area (Å²) < 4.78 is 29.2. The molecule has 0 N–H and O–H groups in total. The number of benzene rings is 4. The molecule has 0 aromatic heterocycles. The van der Waals surface area contributed by atoms with Crippen molar-refractivity contribution in [3.8, 4) is 0 Å². The first-order chi connectivity index (χ1) is 16.7. The summed E-state index contributed by atoms with van der Waals surface area (Å²) in [5.74, 6) is 0. The number of hydrogen-bond donors (Lipinski definition) is 0. The topological polar surface area (TPSA) is 34.1 Å². The highest BCUT2D eigenvalue weighted by atomic mass is 31.2. The van der Waals surface area contributed by atoms with Gasteiger partial charge in [0, 0.05) is 33.5 Å². The second kappa shape index (κ2) is 10.5. The van der Waals surface area contributed by atoms with Crippen LogP contribution in [0, 0.1) is 27.7 Å². The molecule has 4 aromatic carbocycles. The van der Waals surface area contributed by atoms with Gasteiger partial charge in [-0.25, -0.2) is 0 Å². The van der Waals surface area contributed by atoms with Gasteiger partial charge >= 0.3 is 0 Å². The van der Waals surface area contributed by atoms with Crippen LogP contribution in [0.3, 0.4) is 0 Å². The second-order valence-electron chi connectivity index (χ2n) is 9.62. The highest BCUT2D eigenvalue weighted by Crippen LogP contribution is 2.49. The zero-order chi connectivity index (χ0) is 25.1. The van der Waals surface area contributed by atoms with Gasteiger partial charge in [-0.15, -0.1) is 0 Å². The number of rotatable bonds is 8. The van der Waals surface area contributed by atoms with Crippen molar-refractivity contribution in [2.45, 2.75) is 34.1 Å². The molecule has 0 unspecified atom stereocenters. The molecular formula is C31H34O2P2. The molecule has 35 heavy (non-hydrogen) atoms. The van der Waals surface area contributed by atoms with Gasteiger partial charge < -0.3 is 9.13 Å². The zero-order valence-electron chi connectivity index (χ0n) is 21.1. The van der Waals surface area contributed by atoms with E-state index in [9.17, 15) is 9.13 Å². The normalized spacial score (nSPS) is 12.0. The molecule has 0 aliphatic heterocycles. The third kappa shape index (κ3) is 5.61. The Kier molecular flexibility index (Phi) is 7.65. The van der Waals surface area contributed by atoms with Crippen molar-refractivity contribution in [2.24, 2.45) is 0 Å². The van der Waals surface area contributed by atoms with E-state index < -0.39 is 14.3 Å². The largest absolute Gasteiger partial charge is 0.314 e. The van der Waals surface area contributed by atoms with Gasteiger partial charge in [0.15, 0.2) is 0 Å². The van der Waals surface area contributed by atoms with Crippen molar-refractivity contribution in [1.82, 2.24) is 0 Å².